The first kappa shape index (κ1) is 16.5. The molecular formula is C9H14O8P+. The summed E-state index contributed by atoms with van der Waals surface area (Å²) in [5.41, 5.74) is -2.40. The van der Waals surface area contributed by atoms with Gasteiger partial charge in [0.2, 0.25) is 0 Å². The number of carboxylic acid groups (broad SMARTS) is 3. The zero-order valence-corrected chi connectivity index (χ0v) is 10.5. The highest BCUT2D eigenvalue weighted by atomic mass is 31.1. The van der Waals surface area contributed by atoms with Gasteiger partial charge in [-0.2, -0.15) is 0 Å². The first-order valence-electron chi connectivity index (χ1n) is 4.88. The van der Waals surface area contributed by atoms with E-state index in [9.17, 15) is 24.1 Å². The van der Waals surface area contributed by atoms with Crippen LogP contribution in [0.25, 0.3) is 0 Å². The van der Waals surface area contributed by atoms with Crippen molar-refractivity contribution in [1.29, 1.82) is 0 Å². The van der Waals surface area contributed by atoms with Gasteiger partial charge in [0.05, 0.1) is 6.42 Å². The predicted octanol–water partition coefficient (Wildman–Crippen LogP) is -0.0757. The van der Waals surface area contributed by atoms with Crippen molar-refractivity contribution in [1.82, 2.24) is 0 Å². The van der Waals surface area contributed by atoms with Gasteiger partial charge in [-0.3, -0.25) is 9.59 Å². The second-order valence-electron chi connectivity index (χ2n) is 4.03. The first-order chi connectivity index (χ1) is 8.09. The summed E-state index contributed by atoms with van der Waals surface area (Å²) in [6.45, 7) is 0.922. The fourth-order valence-corrected chi connectivity index (χ4v) is 1.91. The molecule has 3 atom stereocenters. The molecule has 0 aliphatic heterocycles. The van der Waals surface area contributed by atoms with Gasteiger partial charge >= 0.3 is 26.4 Å². The number of aliphatic carboxylic acids is 3. The van der Waals surface area contributed by atoms with Gasteiger partial charge in [0, 0.05) is 6.42 Å². The number of hydrogen-bond donors (Lipinski definition) is 4. The van der Waals surface area contributed by atoms with Crippen molar-refractivity contribution in [2.45, 2.75) is 36.9 Å². The van der Waals surface area contributed by atoms with E-state index in [1.54, 1.807) is 0 Å². The predicted molar refractivity (Wildman–Crippen MR) is 59.1 cm³/mol. The van der Waals surface area contributed by atoms with Crippen molar-refractivity contribution in [3.63, 3.8) is 0 Å². The molecule has 0 fully saturated rings. The van der Waals surface area contributed by atoms with Crippen molar-refractivity contribution in [3.8, 4) is 0 Å². The zero-order valence-electron chi connectivity index (χ0n) is 9.54. The molecule has 0 rings (SSSR count). The Labute approximate surface area is 103 Å². The Bertz CT molecular complexity index is 381. The molecule has 9 heteroatoms. The highest BCUT2D eigenvalue weighted by Crippen LogP contribution is 2.40. The maximum Gasteiger partial charge on any atom is 0.361 e. The Kier molecular flexibility index (Phi) is 5.38. The van der Waals surface area contributed by atoms with Crippen LogP contribution in [0.1, 0.15) is 26.2 Å². The van der Waals surface area contributed by atoms with Crippen LogP contribution in [0.3, 0.4) is 0 Å². The lowest BCUT2D eigenvalue weighted by molar-refractivity contribution is -0.156. The molecule has 0 saturated carbocycles. The Morgan fingerprint density at radius 2 is 1.61 bits per heavy atom. The molecule has 0 bridgehead atoms. The molecule has 0 aromatic heterocycles. The van der Waals surface area contributed by atoms with E-state index in [0.29, 0.717) is 0 Å². The summed E-state index contributed by atoms with van der Waals surface area (Å²) in [5, 5.41) is 34.0. The van der Waals surface area contributed by atoms with Crippen LogP contribution in [-0.4, -0.2) is 49.1 Å². The summed E-state index contributed by atoms with van der Waals surface area (Å²) < 4.78 is 11.0. The summed E-state index contributed by atoms with van der Waals surface area (Å²) in [4.78, 5) is 32.1. The number of rotatable bonds is 8. The average Bonchev–Trinajstić information content (AvgIpc) is 2.23. The smallest absolute Gasteiger partial charge is 0.361 e. The van der Waals surface area contributed by atoms with E-state index in [2.05, 4.69) is 0 Å². The Morgan fingerprint density at radius 1 is 1.11 bits per heavy atom. The molecule has 4 N–H and O–H groups in total. The number of aliphatic hydroxyl groups is 1. The van der Waals surface area contributed by atoms with E-state index >= 15 is 0 Å². The van der Waals surface area contributed by atoms with E-state index < -0.39 is 56.4 Å². The van der Waals surface area contributed by atoms with E-state index in [1.165, 1.54) is 0 Å². The van der Waals surface area contributed by atoms with Gasteiger partial charge in [0.15, 0.2) is 0 Å². The Hall–Kier alpha value is -1.53. The van der Waals surface area contributed by atoms with Crippen LogP contribution in [0.4, 0.5) is 0 Å². The van der Waals surface area contributed by atoms with Gasteiger partial charge in [-0.15, -0.1) is 0 Å². The lowest BCUT2D eigenvalue weighted by Crippen LogP contribution is -2.54. The maximum atomic E-state index is 11.0. The zero-order chi connectivity index (χ0) is 14.6. The Balaban J connectivity index is 5.42. The van der Waals surface area contributed by atoms with Gasteiger partial charge in [0.25, 0.3) is 5.16 Å². The maximum absolute atomic E-state index is 11.0. The standard InChI is InChI=1S/C9H13O8P/c1-8(18-17,7(14)15)9(16,4-6(12)13)3-2-5(10)11/h16H,2-4H2,1H3,(H,10,11)(H,12,13)(H,14,15)/p+1. The SMILES string of the molecule is CC([PH+]=O)(C(=O)O)C(O)(CCC(=O)O)CC(=O)O. The van der Waals surface area contributed by atoms with E-state index in [-0.39, 0.29) is 0 Å². The van der Waals surface area contributed by atoms with Crippen LogP contribution in [-0.2, 0) is 18.9 Å². The summed E-state index contributed by atoms with van der Waals surface area (Å²) in [6, 6.07) is 0. The van der Waals surface area contributed by atoms with Crippen LogP contribution >= 0.6 is 8.46 Å². The highest BCUT2D eigenvalue weighted by Gasteiger charge is 2.61. The molecule has 0 aromatic rings. The molecule has 0 amide bonds. The van der Waals surface area contributed by atoms with Gasteiger partial charge in [-0.05, 0) is 13.3 Å². The normalized spacial score (nSPS) is 17.7. The van der Waals surface area contributed by atoms with Gasteiger partial charge in [-0.1, -0.05) is 4.57 Å². The molecule has 0 saturated heterocycles. The summed E-state index contributed by atoms with van der Waals surface area (Å²) >= 11 is 0. The largest absolute Gasteiger partial charge is 0.481 e. The molecule has 102 valence electrons. The number of carboxylic acids is 3. The number of carbonyl (C=O) groups is 3. The second kappa shape index (κ2) is 5.88. The summed E-state index contributed by atoms with van der Waals surface area (Å²) in [5.74, 6) is -4.47. The third-order valence-electron chi connectivity index (χ3n) is 2.76. The monoisotopic (exact) mass is 281 g/mol. The summed E-state index contributed by atoms with van der Waals surface area (Å²) in [7, 11) is -1.52. The minimum absolute atomic E-state index is 0.618. The van der Waals surface area contributed by atoms with Crippen LogP contribution in [0.5, 0.6) is 0 Å². The molecule has 0 heterocycles. The minimum atomic E-state index is -2.40. The third-order valence-corrected chi connectivity index (χ3v) is 3.85. The molecule has 0 aliphatic rings. The van der Waals surface area contributed by atoms with E-state index in [4.69, 9.17) is 15.3 Å². The lowest BCUT2D eigenvalue weighted by atomic mass is 9.81. The quantitative estimate of drug-likeness (QED) is 0.451. The lowest BCUT2D eigenvalue weighted by Gasteiger charge is -2.31. The number of hydrogen-bond acceptors (Lipinski definition) is 5. The average molecular weight is 281 g/mol. The van der Waals surface area contributed by atoms with Gasteiger partial charge < -0.3 is 20.4 Å². The fraction of sp³-hybridized carbons (Fsp3) is 0.667. The van der Waals surface area contributed by atoms with Crippen molar-refractivity contribution in [2.75, 3.05) is 0 Å². The highest BCUT2D eigenvalue weighted by molar-refractivity contribution is 7.28. The molecule has 0 aromatic carbocycles. The van der Waals surface area contributed by atoms with Crippen molar-refractivity contribution >= 4 is 26.4 Å². The van der Waals surface area contributed by atoms with Crippen molar-refractivity contribution in [2.24, 2.45) is 0 Å². The van der Waals surface area contributed by atoms with Crippen LogP contribution in [0.15, 0.2) is 0 Å². The van der Waals surface area contributed by atoms with Crippen LogP contribution < -0.4 is 0 Å². The van der Waals surface area contributed by atoms with E-state index in [0.717, 1.165) is 6.92 Å². The third kappa shape index (κ3) is 3.48. The molecule has 0 radical (unpaired) electrons. The first-order valence-corrected chi connectivity index (χ1v) is 5.78. The molecule has 8 nitrogen and oxygen atoms in total. The minimum Gasteiger partial charge on any atom is -0.481 e. The molecule has 18 heavy (non-hydrogen) atoms. The molecule has 3 unspecified atom stereocenters. The van der Waals surface area contributed by atoms with Crippen molar-refractivity contribution < 1.29 is 39.4 Å². The second-order valence-corrected chi connectivity index (χ2v) is 5.23. The fourth-order valence-electron chi connectivity index (χ4n) is 1.42. The molecular weight excluding hydrogens is 267 g/mol. The van der Waals surface area contributed by atoms with Crippen LogP contribution in [0.2, 0.25) is 0 Å². The van der Waals surface area contributed by atoms with E-state index in [1.807, 2.05) is 0 Å². The van der Waals surface area contributed by atoms with Crippen LogP contribution in [0, 0.1) is 0 Å². The summed E-state index contributed by atoms with van der Waals surface area (Å²) in [6.07, 6.45) is -2.25. The molecule has 0 aliphatic carbocycles. The molecule has 0 spiro atoms. The van der Waals surface area contributed by atoms with Crippen molar-refractivity contribution in [3.05, 3.63) is 0 Å². The topological polar surface area (TPSA) is 149 Å². The Morgan fingerprint density at radius 3 is 1.89 bits per heavy atom. The van der Waals surface area contributed by atoms with Gasteiger partial charge in [-0.25, -0.2) is 4.79 Å². The van der Waals surface area contributed by atoms with Gasteiger partial charge in [0.1, 0.15) is 5.60 Å².